The van der Waals surface area contributed by atoms with Crippen molar-refractivity contribution in [3.05, 3.63) is 29.1 Å². The molecule has 7 nitrogen and oxygen atoms in total. The van der Waals surface area contributed by atoms with Gasteiger partial charge >= 0.3 is 11.7 Å². The fourth-order valence-corrected chi connectivity index (χ4v) is 2.58. The first-order chi connectivity index (χ1) is 10.4. The third-order valence-electron chi connectivity index (χ3n) is 3.93. The summed E-state index contributed by atoms with van der Waals surface area (Å²) in [6, 6.07) is 0. The second-order valence-corrected chi connectivity index (χ2v) is 5.45. The number of aliphatic hydroxyl groups is 1. The van der Waals surface area contributed by atoms with Gasteiger partial charge in [-0.3, -0.25) is 4.79 Å². The van der Waals surface area contributed by atoms with Gasteiger partial charge in [0.1, 0.15) is 5.41 Å². The standard InChI is InChI=1S/C15H21N3O4/c1-4-5-6-9-18-10-7-8-15(2,14(18)21)12(19)11(17-16)13(20)22-3/h4H,1,5-10H2,2-3H3/p+1. The van der Waals surface area contributed by atoms with Crippen LogP contribution in [-0.2, 0) is 14.3 Å². The van der Waals surface area contributed by atoms with Crippen LogP contribution >= 0.6 is 0 Å². The maximum Gasteiger partial charge on any atom is 0.506 e. The Balaban J connectivity index is 3.07. The van der Waals surface area contributed by atoms with E-state index in [0.717, 1.165) is 20.0 Å². The lowest BCUT2D eigenvalue weighted by Crippen LogP contribution is -2.49. The van der Waals surface area contributed by atoms with Gasteiger partial charge in [-0.25, -0.2) is 4.79 Å². The molecule has 22 heavy (non-hydrogen) atoms. The van der Waals surface area contributed by atoms with Crippen molar-refractivity contribution in [2.75, 3.05) is 20.2 Å². The minimum atomic E-state index is -1.29. The van der Waals surface area contributed by atoms with Crippen LogP contribution in [0.3, 0.4) is 0 Å². The van der Waals surface area contributed by atoms with Gasteiger partial charge in [-0.05, 0) is 32.6 Å². The maximum absolute atomic E-state index is 12.6. The highest BCUT2D eigenvalue weighted by Crippen LogP contribution is 2.38. The van der Waals surface area contributed by atoms with Gasteiger partial charge in [0.15, 0.2) is 4.98 Å². The van der Waals surface area contributed by atoms with Crippen LogP contribution in [0.5, 0.6) is 0 Å². The highest BCUT2D eigenvalue weighted by Gasteiger charge is 2.49. The molecule has 0 spiro atoms. The fourth-order valence-electron chi connectivity index (χ4n) is 2.58. The Morgan fingerprint density at radius 2 is 2.32 bits per heavy atom. The molecule has 0 bridgehead atoms. The second kappa shape index (κ2) is 7.59. The van der Waals surface area contributed by atoms with Crippen molar-refractivity contribution in [2.45, 2.75) is 32.6 Å². The number of aliphatic hydroxyl groups excluding tert-OH is 1. The summed E-state index contributed by atoms with van der Waals surface area (Å²) in [5, 5.41) is 19.3. The molecule has 1 saturated heterocycles. The summed E-state index contributed by atoms with van der Waals surface area (Å²) in [7, 11) is 1.10. The molecular weight excluding hydrogens is 286 g/mol. The van der Waals surface area contributed by atoms with Crippen molar-refractivity contribution >= 4 is 11.9 Å². The Kier molecular flexibility index (Phi) is 6.11. The largest absolute Gasteiger partial charge is 0.506 e. The molecule has 1 amide bonds. The third-order valence-corrected chi connectivity index (χ3v) is 3.93. The Bertz CT molecular complexity index is 535. The van der Waals surface area contributed by atoms with Gasteiger partial charge < -0.3 is 14.7 Å². The van der Waals surface area contributed by atoms with E-state index in [2.05, 4.69) is 16.3 Å². The molecule has 1 unspecified atom stereocenters. The molecule has 120 valence electrons. The van der Waals surface area contributed by atoms with E-state index in [1.807, 2.05) is 0 Å². The number of hydrogen-bond donors (Lipinski definition) is 1. The van der Waals surface area contributed by atoms with Crippen molar-refractivity contribution in [3.8, 4) is 0 Å². The Labute approximate surface area is 129 Å². The molecule has 0 aromatic carbocycles. The number of methoxy groups -OCH3 is 1. The van der Waals surface area contributed by atoms with Gasteiger partial charge in [0.05, 0.1) is 7.11 Å². The lowest BCUT2D eigenvalue weighted by atomic mass is 9.78. The number of diazo groups is 1. The highest BCUT2D eigenvalue weighted by atomic mass is 16.5. The number of allylic oxidation sites excluding steroid dienone is 1. The quantitative estimate of drug-likeness (QED) is 0.203. The number of nitrogens with zero attached hydrogens (tertiary/aromatic N) is 3. The maximum atomic E-state index is 12.6. The van der Waals surface area contributed by atoms with Gasteiger partial charge in [0, 0.05) is 13.1 Å². The van der Waals surface area contributed by atoms with Crippen LogP contribution in [0.2, 0.25) is 0 Å². The monoisotopic (exact) mass is 308 g/mol. The summed E-state index contributed by atoms with van der Waals surface area (Å²) >= 11 is 0. The number of likely N-dealkylation sites (tertiary alicyclic amines) is 1. The Hall–Kier alpha value is -2.36. The van der Waals surface area contributed by atoms with Crippen LogP contribution < -0.4 is 0 Å². The van der Waals surface area contributed by atoms with E-state index in [1.54, 1.807) is 17.9 Å². The minimum Gasteiger partial charge on any atom is -0.504 e. The number of rotatable bonds is 6. The van der Waals surface area contributed by atoms with Crippen molar-refractivity contribution in [2.24, 2.45) is 5.41 Å². The van der Waals surface area contributed by atoms with Crippen LogP contribution in [0.4, 0.5) is 0 Å². The molecule has 1 aliphatic heterocycles. The minimum absolute atomic E-state index is 0.287. The zero-order valence-corrected chi connectivity index (χ0v) is 13.0. The van der Waals surface area contributed by atoms with Gasteiger partial charge in [0.25, 0.3) is 0 Å². The van der Waals surface area contributed by atoms with E-state index in [0.29, 0.717) is 25.9 Å². The molecule has 0 saturated carbocycles. The van der Waals surface area contributed by atoms with Crippen LogP contribution in [0.25, 0.3) is 4.98 Å². The van der Waals surface area contributed by atoms with Crippen LogP contribution in [-0.4, -0.2) is 42.1 Å². The molecule has 0 aromatic rings. The van der Waals surface area contributed by atoms with E-state index in [1.165, 1.54) is 0 Å². The lowest BCUT2D eigenvalue weighted by molar-refractivity contribution is -0.144. The number of amides is 1. The smallest absolute Gasteiger partial charge is 0.504 e. The molecule has 0 radical (unpaired) electrons. The average molecular weight is 308 g/mol. The fraction of sp³-hybridized carbons (Fsp3) is 0.600. The summed E-state index contributed by atoms with van der Waals surface area (Å²) in [6.45, 7) is 6.33. The number of hydrogen-bond acceptors (Lipinski definition) is 5. The first-order valence-electron chi connectivity index (χ1n) is 7.19. The molecule has 1 N–H and O–H groups in total. The van der Waals surface area contributed by atoms with Gasteiger partial charge in [-0.15, -0.1) is 6.58 Å². The van der Waals surface area contributed by atoms with E-state index in [4.69, 9.17) is 5.39 Å². The van der Waals surface area contributed by atoms with Crippen LogP contribution in [0.1, 0.15) is 32.6 Å². The molecule has 1 rings (SSSR count). The second-order valence-electron chi connectivity index (χ2n) is 5.45. The van der Waals surface area contributed by atoms with Crippen LogP contribution in [0, 0.1) is 10.8 Å². The van der Waals surface area contributed by atoms with E-state index >= 15 is 0 Å². The van der Waals surface area contributed by atoms with Gasteiger partial charge in [0.2, 0.25) is 17.1 Å². The predicted molar refractivity (Wildman–Crippen MR) is 80.1 cm³/mol. The molecule has 1 atom stereocenters. The molecule has 7 heteroatoms. The highest BCUT2D eigenvalue weighted by molar-refractivity contribution is 5.94. The van der Waals surface area contributed by atoms with Crippen LogP contribution in [0.15, 0.2) is 24.1 Å². The van der Waals surface area contributed by atoms with E-state index in [9.17, 15) is 14.7 Å². The topological polar surface area (TPSA) is 95.0 Å². The van der Waals surface area contributed by atoms with E-state index in [-0.39, 0.29) is 5.91 Å². The molecular formula is C15H22N3O4+. The first-order valence-corrected chi connectivity index (χ1v) is 7.19. The zero-order valence-electron chi connectivity index (χ0n) is 13.0. The summed E-state index contributed by atoms with van der Waals surface area (Å²) in [4.78, 5) is 28.6. The summed E-state index contributed by atoms with van der Waals surface area (Å²) in [5.74, 6) is -1.83. The van der Waals surface area contributed by atoms with Crippen molar-refractivity contribution in [1.82, 2.24) is 4.90 Å². The zero-order chi connectivity index (χ0) is 16.8. The molecule has 1 aliphatic rings. The predicted octanol–water partition coefficient (Wildman–Crippen LogP) is 2.38. The summed E-state index contributed by atoms with van der Waals surface area (Å²) in [6.07, 6.45) is 4.41. The summed E-state index contributed by atoms with van der Waals surface area (Å²) in [5.41, 5.74) is -1.92. The number of carbonyl (C=O) groups excluding carboxylic acids is 2. The number of esters is 1. The SMILES string of the molecule is C=CCCCN1CCCC(C)(/C(O)=C(\[N+]#N)C(=O)OC)C1=O. The summed E-state index contributed by atoms with van der Waals surface area (Å²) < 4.78 is 4.46. The molecule has 0 aliphatic carbocycles. The number of unbranched alkanes of at least 4 members (excludes halogenated alkanes) is 1. The number of piperidine rings is 1. The number of ether oxygens (including phenoxy) is 1. The Morgan fingerprint density at radius 3 is 2.86 bits per heavy atom. The molecule has 1 fully saturated rings. The normalized spacial score (nSPS) is 22.6. The number of carbonyl (C=O) groups is 2. The van der Waals surface area contributed by atoms with E-state index < -0.39 is 22.8 Å². The third kappa shape index (κ3) is 3.45. The first kappa shape index (κ1) is 17.7. The van der Waals surface area contributed by atoms with Gasteiger partial charge in [-0.2, -0.15) is 0 Å². The average Bonchev–Trinajstić information content (AvgIpc) is 2.52. The Morgan fingerprint density at radius 1 is 1.64 bits per heavy atom. The van der Waals surface area contributed by atoms with Crippen molar-refractivity contribution in [1.29, 1.82) is 5.39 Å². The van der Waals surface area contributed by atoms with Crippen molar-refractivity contribution < 1.29 is 19.4 Å². The molecule has 1 heterocycles. The lowest BCUT2D eigenvalue weighted by Gasteiger charge is -2.38. The van der Waals surface area contributed by atoms with Gasteiger partial charge in [-0.1, -0.05) is 6.08 Å². The molecule has 0 aromatic heterocycles. The van der Waals surface area contributed by atoms with Crippen molar-refractivity contribution in [3.63, 3.8) is 0 Å².